The van der Waals surface area contributed by atoms with Gasteiger partial charge in [0.05, 0.1) is 17.8 Å². The standard InChI is InChI=1S/C10H12N4O2/c1-6-5-13(10(15)16)7(2)9-3-8(4-11)12-14(6)9/h3,6-7H,5H2,1-2H3,(H,15,16)/t6-,7-/m0/s1. The molecule has 1 amide bonds. The van der Waals surface area contributed by atoms with E-state index in [0.29, 0.717) is 12.2 Å². The fourth-order valence-corrected chi connectivity index (χ4v) is 2.05. The van der Waals surface area contributed by atoms with Crippen molar-refractivity contribution in [3.63, 3.8) is 0 Å². The van der Waals surface area contributed by atoms with Gasteiger partial charge in [-0.3, -0.25) is 9.58 Å². The topological polar surface area (TPSA) is 82.2 Å². The van der Waals surface area contributed by atoms with Crippen molar-refractivity contribution in [2.45, 2.75) is 25.9 Å². The number of fused-ring (bicyclic) bond motifs is 1. The minimum Gasteiger partial charge on any atom is -0.465 e. The second kappa shape index (κ2) is 3.52. The van der Waals surface area contributed by atoms with Crippen molar-refractivity contribution in [1.29, 1.82) is 5.26 Å². The van der Waals surface area contributed by atoms with Gasteiger partial charge in [0.25, 0.3) is 0 Å². The van der Waals surface area contributed by atoms with Crippen LogP contribution < -0.4 is 0 Å². The number of nitrogens with zero attached hydrogens (tertiary/aromatic N) is 4. The Morgan fingerprint density at radius 2 is 2.38 bits per heavy atom. The maximum Gasteiger partial charge on any atom is 0.407 e. The fraction of sp³-hybridized carbons (Fsp3) is 0.500. The van der Waals surface area contributed by atoms with E-state index >= 15 is 0 Å². The molecule has 0 unspecified atom stereocenters. The van der Waals surface area contributed by atoms with Crippen LogP contribution in [0.5, 0.6) is 0 Å². The first-order valence-corrected chi connectivity index (χ1v) is 5.03. The van der Waals surface area contributed by atoms with Crippen LogP contribution in [0.1, 0.15) is 37.3 Å². The molecule has 0 aromatic carbocycles. The van der Waals surface area contributed by atoms with Gasteiger partial charge in [-0.25, -0.2) is 4.79 Å². The smallest absolute Gasteiger partial charge is 0.407 e. The number of aromatic nitrogens is 2. The molecule has 1 N–H and O–H groups in total. The van der Waals surface area contributed by atoms with E-state index in [0.717, 1.165) is 5.69 Å². The van der Waals surface area contributed by atoms with Crippen molar-refractivity contribution >= 4 is 6.09 Å². The number of nitriles is 1. The van der Waals surface area contributed by atoms with Gasteiger partial charge >= 0.3 is 6.09 Å². The third-order valence-electron chi connectivity index (χ3n) is 2.90. The molecule has 2 atom stereocenters. The lowest BCUT2D eigenvalue weighted by molar-refractivity contribution is 0.102. The van der Waals surface area contributed by atoms with Crippen LogP contribution in [-0.4, -0.2) is 32.4 Å². The molecule has 16 heavy (non-hydrogen) atoms. The summed E-state index contributed by atoms with van der Waals surface area (Å²) >= 11 is 0. The summed E-state index contributed by atoms with van der Waals surface area (Å²) in [5.74, 6) is 0. The monoisotopic (exact) mass is 220 g/mol. The van der Waals surface area contributed by atoms with Gasteiger partial charge in [-0.2, -0.15) is 10.4 Å². The summed E-state index contributed by atoms with van der Waals surface area (Å²) in [4.78, 5) is 12.4. The zero-order chi connectivity index (χ0) is 11.9. The summed E-state index contributed by atoms with van der Waals surface area (Å²) in [6.07, 6.45) is -0.940. The SMILES string of the molecule is C[C@H]1c2cc(C#N)nn2[C@@H](C)CN1C(=O)O. The average Bonchev–Trinajstić information content (AvgIpc) is 2.67. The quantitative estimate of drug-likeness (QED) is 0.715. The number of hydrogen-bond acceptors (Lipinski definition) is 3. The van der Waals surface area contributed by atoms with Gasteiger partial charge in [0.15, 0.2) is 5.69 Å². The molecule has 1 aliphatic heterocycles. The first kappa shape index (κ1) is 10.5. The summed E-state index contributed by atoms with van der Waals surface area (Å²) in [5.41, 5.74) is 1.11. The van der Waals surface area contributed by atoms with Crippen LogP contribution in [0.4, 0.5) is 4.79 Å². The average molecular weight is 220 g/mol. The van der Waals surface area contributed by atoms with E-state index in [9.17, 15) is 4.79 Å². The van der Waals surface area contributed by atoms with Gasteiger partial charge < -0.3 is 5.11 Å². The Morgan fingerprint density at radius 1 is 1.69 bits per heavy atom. The molecule has 84 valence electrons. The number of hydrogen-bond donors (Lipinski definition) is 1. The Kier molecular flexibility index (Phi) is 2.31. The van der Waals surface area contributed by atoms with Crippen molar-refractivity contribution in [3.8, 4) is 6.07 Å². The highest BCUT2D eigenvalue weighted by molar-refractivity contribution is 5.66. The minimum atomic E-state index is -0.940. The van der Waals surface area contributed by atoms with E-state index in [2.05, 4.69) is 5.10 Å². The molecule has 1 aliphatic rings. The van der Waals surface area contributed by atoms with Crippen LogP contribution in [0.15, 0.2) is 6.07 Å². The van der Waals surface area contributed by atoms with E-state index in [1.165, 1.54) is 4.90 Å². The Balaban J connectivity index is 2.46. The molecule has 2 rings (SSSR count). The van der Waals surface area contributed by atoms with Crippen molar-refractivity contribution in [3.05, 3.63) is 17.5 Å². The number of rotatable bonds is 0. The van der Waals surface area contributed by atoms with Crippen LogP contribution >= 0.6 is 0 Å². The number of carbonyl (C=O) groups is 1. The second-order valence-corrected chi connectivity index (χ2v) is 3.97. The molecule has 0 bridgehead atoms. The lowest BCUT2D eigenvalue weighted by Gasteiger charge is -2.35. The van der Waals surface area contributed by atoms with E-state index in [1.54, 1.807) is 17.7 Å². The first-order valence-electron chi connectivity index (χ1n) is 5.03. The zero-order valence-electron chi connectivity index (χ0n) is 9.08. The summed E-state index contributed by atoms with van der Waals surface area (Å²) in [7, 11) is 0. The van der Waals surface area contributed by atoms with Gasteiger partial charge in [-0.1, -0.05) is 0 Å². The molecule has 1 aromatic rings. The third-order valence-corrected chi connectivity index (χ3v) is 2.90. The van der Waals surface area contributed by atoms with Gasteiger partial charge in [0.2, 0.25) is 0 Å². The van der Waals surface area contributed by atoms with E-state index in [1.807, 2.05) is 13.0 Å². The maximum atomic E-state index is 11.0. The minimum absolute atomic E-state index is 0.0376. The fourth-order valence-electron chi connectivity index (χ4n) is 2.05. The largest absolute Gasteiger partial charge is 0.465 e. The first-order chi connectivity index (χ1) is 7.54. The highest BCUT2D eigenvalue weighted by Gasteiger charge is 2.32. The molecule has 0 saturated heterocycles. The van der Waals surface area contributed by atoms with Crippen molar-refractivity contribution < 1.29 is 9.90 Å². The predicted molar refractivity (Wildman–Crippen MR) is 54.8 cm³/mol. The Morgan fingerprint density at radius 3 is 2.94 bits per heavy atom. The maximum absolute atomic E-state index is 11.0. The molecule has 0 radical (unpaired) electrons. The van der Waals surface area contributed by atoms with Gasteiger partial charge in [0.1, 0.15) is 6.07 Å². The molecule has 1 aromatic heterocycles. The molecule has 6 nitrogen and oxygen atoms in total. The van der Waals surface area contributed by atoms with E-state index in [4.69, 9.17) is 10.4 Å². The molecule has 0 spiro atoms. The number of amides is 1. The lowest BCUT2D eigenvalue weighted by atomic mass is 10.1. The molecule has 0 saturated carbocycles. The van der Waals surface area contributed by atoms with Crippen LogP contribution in [0.2, 0.25) is 0 Å². The Hall–Kier alpha value is -2.03. The van der Waals surface area contributed by atoms with Crippen LogP contribution in [0, 0.1) is 11.3 Å². The highest BCUT2D eigenvalue weighted by atomic mass is 16.4. The van der Waals surface area contributed by atoms with Gasteiger partial charge in [-0.15, -0.1) is 0 Å². The second-order valence-electron chi connectivity index (χ2n) is 3.97. The third kappa shape index (κ3) is 1.41. The molecule has 6 heteroatoms. The number of carboxylic acid groups (broad SMARTS) is 1. The van der Waals surface area contributed by atoms with E-state index < -0.39 is 6.09 Å². The highest BCUT2D eigenvalue weighted by Crippen LogP contribution is 2.30. The van der Waals surface area contributed by atoms with E-state index in [-0.39, 0.29) is 12.1 Å². The van der Waals surface area contributed by atoms with Crippen LogP contribution in [0.25, 0.3) is 0 Å². The van der Waals surface area contributed by atoms with Crippen molar-refractivity contribution in [2.24, 2.45) is 0 Å². The summed E-state index contributed by atoms with van der Waals surface area (Å²) in [5, 5.41) is 22.0. The van der Waals surface area contributed by atoms with Crippen LogP contribution in [0.3, 0.4) is 0 Å². The van der Waals surface area contributed by atoms with Crippen molar-refractivity contribution in [2.75, 3.05) is 6.54 Å². The Labute approximate surface area is 92.7 Å². The summed E-state index contributed by atoms with van der Waals surface area (Å²) in [6.45, 7) is 4.09. The molecular weight excluding hydrogens is 208 g/mol. The summed E-state index contributed by atoms with van der Waals surface area (Å²) in [6, 6.07) is 3.32. The van der Waals surface area contributed by atoms with Gasteiger partial charge in [0, 0.05) is 6.54 Å². The molecule has 0 aliphatic carbocycles. The summed E-state index contributed by atoms with van der Waals surface area (Å²) < 4.78 is 1.74. The Bertz CT molecular complexity index is 474. The molecule has 0 fully saturated rings. The zero-order valence-corrected chi connectivity index (χ0v) is 9.08. The van der Waals surface area contributed by atoms with Gasteiger partial charge in [-0.05, 0) is 19.9 Å². The molecular formula is C10H12N4O2. The predicted octanol–water partition coefficient (Wildman–Crippen LogP) is 1.37. The lowest BCUT2D eigenvalue weighted by Crippen LogP contribution is -2.42. The van der Waals surface area contributed by atoms with Crippen molar-refractivity contribution in [1.82, 2.24) is 14.7 Å². The molecule has 2 heterocycles. The van der Waals surface area contributed by atoms with Crippen LogP contribution in [-0.2, 0) is 0 Å². The normalized spacial score (nSPS) is 23.7.